The molecule has 0 saturated carbocycles. The van der Waals surface area contributed by atoms with Crippen LogP contribution in [0.5, 0.6) is 0 Å². The zero-order valence-electron chi connectivity index (χ0n) is 20.0. The van der Waals surface area contributed by atoms with Crippen LogP contribution in [-0.4, -0.2) is 30.1 Å². The van der Waals surface area contributed by atoms with Crippen LogP contribution in [0.3, 0.4) is 0 Å². The first kappa shape index (κ1) is 22.8. The Morgan fingerprint density at radius 2 is 1.89 bits per heavy atom. The number of halogens is 1. The van der Waals surface area contributed by atoms with Gasteiger partial charge in [-0.05, 0) is 48.9 Å². The number of pyridine rings is 2. The Morgan fingerprint density at radius 1 is 1.06 bits per heavy atom. The lowest BCUT2D eigenvalue weighted by atomic mass is 9.91. The molecule has 176 valence electrons. The second-order valence-electron chi connectivity index (χ2n) is 9.48. The van der Waals surface area contributed by atoms with Crippen molar-refractivity contribution >= 4 is 28.8 Å². The van der Waals surface area contributed by atoms with Crippen LogP contribution in [0.1, 0.15) is 42.4 Å². The van der Waals surface area contributed by atoms with E-state index in [1.807, 2.05) is 91.9 Å². The zero-order valence-corrected chi connectivity index (χ0v) is 20.7. The SMILES string of the molecule is Cc1ccc(NC(=O)c2cc(Cl)nc(C(C)(C)C)c2)cc1-n1ccc2ncc(-c3cccnc3)n21. The summed E-state index contributed by atoms with van der Waals surface area (Å²) < 4.78 is 4.06. The monoisotopic (exact) mass is 484 g/mol. The predicted molar refractivity (Wildman–Crippen MR) is 138 cm³/mol. The summed E-state index contributed by atoms with van der Waals surface area (Å²) in [5, 5.41) is 3.30. The van der Waals surface area contributed by atoms with Crippen molar-refractivity contribution in [2.45, 2.75) is 33.1 Å². The Labute approximate surface area is 208 Å². The summed E-state index contributed by atoms with van der Waals surface area (Å²) in [7, 11) is 0. The van der Waals surface area contributed by atoms with Gasteiger partial charge in [-0.3, -0.25) is 14.5 Å². The fraction of sp³-hybridized carbons (Fsp3) is 0.185. The number of hydrogen-bond donors (Lipinski definition) is 1. The number of carbonyl (C=O) groups excluding carboxylic acids is 1. The van der Waals surface area contributed by atoms with Gasteiger partial charge in [-0.2, -0.15) is 0 Å². The fourth-order valence-corrected chi connectivity index (χ4v) is 4.16. The highest BCUT2D eigenvalue weighted by atomic mass is 35.5. The van der Waals surface area contributed by atoms with E-state index in [1.54, 1.807) is 18.3 Å². The summed E-state index contributed by atoms with van der Waals surface area (Å²) in [6, 6.07) is 15.1. The Hall–Kier alpha value is -3.97. The summed E-state index contributed by atoms with van der Waals surface area (Å²) >= 11 is 6.22. The highest BCUT2D eigenvalue weighted by Gasteiger charge is 2.19. The normalized spacial score (nSPS) is 11.7. The Kier molecular flexibility index (Phi) is 5.65. The molecule has 1 aromatic carbocycles. The molecule has 8 heteroatoms. The number of anilines is 1. The van der Waals surface area contributed by atoms with Crippen molar-refractivity contribution in [3.05, 3.63) is 95.3 Å². The van der Waals surface area contributed by atoms with E-state index >= 15 is 0 Å². The van der Waals surface area contributed by atoms with E-state index in [0.717, 1.165) is 33.8 Å². The van der Waals surface area contributed by atoms with Crippen LogP contribution >= 0.6 is 11.6 Å². The maximum Gasteiger partial charge on any atom is 0.255 e. The number of amides is 1. The van der Waals surface area contributed by atoms with Crippen LogP contribution in [0.25, 0.3) is 22.6 Å². The fourth-order valence-electron chi connectivity index (χ4n) is 3.95. The third-order valence-electron chi connectivity index (χ3n) is 5.84. The van der Waals surface area contributed by atoms with Crippen LogP contribution in [0.4, 0.5) is 5.69 Å². The minimum atomic E-state index is -0.245. The molecule has 1 amide bonds. The largest absolute Gasteiger partial charge is 0.322 e. The summed E-state index contributed by atoms with van der Waals surface area (Å²) in [5.74, 6) is -0.245. The number of imidazole rings is 1. The number of nitrogens with zero attached hydrogens (tertiary/aromatic N) is 5. The highest BCUT2D eigenvalue weighted by Crippen LogP contribution is 2.27. The van der Waals surface area contributed by atoms with Crippen LogP contribution in [0, 0.1) is 6.92 Å². The molecular weight excluding hydrogens is 460 g/mol. The van der Waals surface area contributed by atoms with Crippen molar-refractivity contribution in [1.82, 2.24) is 24.1 Å². The number of rotatable bonds is 4. The summed E-state index contributed by atoms with van der Waals surface area (Å²) in [4.78, 5) is 26.3. The van der Waals surface area contributed by atoms with Gasteiger partial charge >= 0.3 is 0 Å². The molecule has 0 saturated heterocycles. The Balaban J connectivity index is 1.52. The van der Waals surface area contributed by atoms with Crippen LogP contribution in [0.2, 0.25) is 5.15 Å². The molecule has 35 heavy (non-hydrogen) atoms. The van der Waals surface area contributed by atoms with Crippen molar-refractivity contribution in [2.75, 3.05) is 5.32 Å². The van der Waals surface area contributed by atoms with Gasteiger partial charge in [-0.25, -0.2) is 14.5 Å². The summed E-state index contributed by atoms with van der Waals surface area (Å²) in [6.07, 6.45) is 7.37. The molecule has 4 heterocycles. The first-order valence-electron chi connectivity index (χ1n) is 11.3. The molecule has 0 aliphatic heterocycles. The van der Waals surface area contributed by atoms with Crippen molar-refractivity contribution in [1.29, 1.82) is 0 Å². The van der Waals surface area contributed by atoms with Crippen molar-refractivity contribution < 1.29 is 4.79 Å². The summed E-state index contributed by atoms with van der Waals surface area (Å²) in [5.41, 5.74) is 6.35. The van der Waals surface area contributed by atoms with Gasteiger partial charge in [-0.1, -0.05) is 38.4 Å². The molecule has 5 aromatic rings. The standard InChI is InChI=1S/C27H25ClN6O/c1-17-7-8-20(31-26(35)19-12-23(27(2,3)4)32-24(28)13-19)14-21(17)33-11-9-25-30-16-22(34(25)33)18-6-5-10-29-15-18/h5-16H,1-4H3,(H,31,35). The smallest absolute Gasteiger partial charge is 0.255 e. The Bertz CT molecular complexity index is 1550. The van der Waals surface area contributed by atoms with Crippen LogP contribution in [-0.2, 0) is 5.41 Å². The molecule has 0 aliphatic carbocycles. The maximum absolute atomic E-state index is 13.1. The van der Waals surface area contributed by atoms with Gasteiger partial charge in [0.15, 0.2) is 5.65 Å². The molecule has 0 radical (unpaired) electrons. The molecular formula is C27H25ClN6O. The number of nitrogens with one attached hydrogen (secondary N) is 1. The third-order valence-corrected chi connectivity index (χ3v) is 6.03. The molecule has 4 aromatic heterocycles. The maximum atomic E-state index is 13.1. The Morgan fingerprint density at radius 3 is 2.63 bits per heavy atom. The minimum absolute atomic E-state index is 0.229. The average molecular weight is 485 g/mol. The molecule has 0 bridgehead atoms. The van der Waals surface area contributed by atoms with E-state index < -0.39 is 0 Å². The first-order chi connectivity index (χ1) is 16.7. The first-order valence-corrected chi connectivity index (χ1v) is 11.6. The lowest BCUT2D eigenvalue weighted by Gasteiger charge is -2.19. The lowest BCUT2D eigenvalue weighted by molar-refractivity contribution is 0.102. The number of aromatic nitrogens is 5. The minimum Gasteiger partial charge on any atom is -0.322 e. The predicted octanol–water partition coefficient (Wildman–Crippen LogP) is 6.09. The van der Waals surface area contributed by atoms with Gasteiger partial charge in [0.1, 0.15) is 5.15 Å². The van der Waals surface area contributed by atoms with Crippen LogP contribution < -0.4 is 5.32 Å². The summed E-state index contributed by atoms with van der Waals surface area (Å²) in [6.45, 7) is 8.14. The molecule has 0 atom stereocenters. The van der Waals surface area contributed by atoms with Gasteiger partial charge in [0.25, 0.3) is 5.91 Å². The number of benzene rings is 1. The average Bonchev–Trinajstić information content (AvgIpc) is 3.42. The van der Waals surface area contributed by atoms with E-state index in [0.29, 0.717) is 16.4 Å². The van der Waals surface area contributed by atoms with Crippen molar-refractivity contribution in [3.63, 3.8) is 0 Å². The van der Waals surface area contributed by atoms with Gasteiger partial charge in [0, 0.05) is 52.6 Å². The van der Waals surface area contributed by atoms with Gasteiger partial charge < -0.3 is 5.32 Å². The second kappa shape index (κ2) is 8.67. The van der Waals surface area contributed by atoms with Crippen LogP contribution in [0.15, 0.2) is 73.3 Å². The topological polar surface area (TPSA) is 77.1 Å². The van der Waals surface area contributed by atoms with Crippen molar-refractivity contribution in [2.24, 2.45) is 0 Å². The van der Waals surface area contributed by atoms with Gasteiger partial charge in [0.2, 0.25) is 0 Å². The molecule has 1 N–H and O–H groups in total. The number of aryl methyl sites for hydroxylation is 1. The lowest BCUT2D eigenvalue weighted by Crippen LogP contribution is -2.18. The molecule has 0 unspecified atom stereocenters. The van der Waals surface area contributed by atoms with E-state index in [1.165, 1.54) is 0 Å². The highest BCUT2D eigenvalue weighted by molar-refractivity contribution is 6.29. The van der Waals surface area contributed by atoms with E-state index in [4.69, 9.17) is 11.6 Å². The number of hydrogen-bond acceptors (Lipinski definition) is 4. The quantitative estimate of drug-likeness (QED) is 0.313. The molecule has 0 fully saturated rings. The molecule has 0 aliphatic rings. The van der Waals surface area contributed by atoms with Gasteiger partial charge in [0.05, 0.1) is 17.6 Å². The zero-order chi connectivity index (χ0) is 24.7. The molecule has 5 rings (SSSR count). The number of fused-ring (bicyclic) bond motifs is 1. The van der Waals surface area contributed by atoms with Crippen molar-refractivity contribution in [3.8, 4) is 16.9 Å². The van der Waals surface area contributed by atoms with E-state index in [2.05, 4.69) is 20.3 Å². The molecule has 7 nitrogen and oxygen atoms in total. The third kappa shape index (κ3) is 4.42. The van der Waals surface area contributed by atoms with E-state index in [9.17, 15) is 4.79 Å². The molecule has 0 spiro atoms. The number of carbonyl (C=O) groups is 1. The van der Waals surface area contributed by atoms with E-state index in [-0.39, 0.29) is 11.3 Å². The van der Waals surface area contributed by atoms with Gasteiger partial charge in [-0.15, -0.1) is 0 Å². The second-order valence-corrected chi connectivity index (χ2v) is 9.87.